The molecule has 5 N–H and O–H groups in total. The standard InChI is InChI=1S/C18H35N3O4/c1-7-10(4)13(19)16(22)20-14(11(5)8-2)17(23)21-15(18(24)25)12(6)9-3/h10-15H,7-9,19H2,1-6H3,(H,20,22)(H,21,23)(H,24,25)/t10?,11?,12?,13?,14?,15-/m0/s1. The van der Waals surface area contributed by atoms with Gasteiger partial charge in [0.05, 0.1) is 6.04 Å². The summed E-state index contributed by atoms with van der Waals surface area (Å²) in [6, 6.07) is -2.49. The number of carboxylic acids is 1. The molecule has 5 unspecified atom stereocenters. The molecule has 0 aliphatic carbocycles. The van der Waals surface area contributed by atoms with E-state index in [1.54, 1.807) is 6.92 Å². The minimum absolute atomic E-state index is 0.00692. The summed E-state index contributed by atoms with van der Waals surface area (Å²) in [6.07, 6.45) is 2.04. The predicted octanol–water partition coefficient (Wildman–Crippen LogP) is 1.51. The van der Waals surface area contributed by atoms with Gasteiger partial charge in [0.25, 0.3) is 0 Å². The van der Waals surface area contributed by atoms with Crippen LogP contribution in [0.2, 0.25) is 0 Å². The van der Waals surface area contributed by atoms with Gasteiger partial charge in [-0.25, -0.2) is 4.79 Å². The molecule has 2 amide bonds. The first kappa shape index (κ1) is 23.4. The molecule has 0 fully saturated rings. The minimum atomic E-state index is -1.08. The monoisotopic (exact) mass is 357 g/mol. The predicted molar refractivity (Wildman–Crippen MR) is 97.8 cm³/mol. The molecular formula is C18H35N3O4. The summed E-state index contributed by atoms with van der Waals surface area (Å²) in [7, 11) is 0. The van der Waals surface area contributed by atoms with Gasteiger partial charge in [0.2, 0.25) is 11.8 Å². The average molecular weight is 357 g/mol. The SMILES string of the molecule is CCC(C)C(N)C(=O)NC(C(=O)N[C@H](C(=O)O)C(C)CC)C(C)CC. The van der Waals surface area contributed by atoms with E-state index < -0.39 is 30.0 Å². The molecule has 0 aromatic carbocycles. The molecule has 0 bridgehead atoms. The highest BCUT2D eigenvalue weighted by Crippen LogP contribution is 2.13. The number of rotatable bonds is 11. The Kier molecular flexibility index (Phi) is 10.4. The highest BCUT2D eigenvalue weighted by Gasteiger charge is 2.33. The summed E-state index contributed by atoms with van der Waals surface area (Å²) < 4.78 is 0. The maximum absolute atomic E-state index is 12.6. The fraction of sp³-hybridized carbons (Fsp3) is 0.833. The molecule has 0 saturated heterocycles. The molecule has 25 heavy (non-hydrogen) atoms. The summed E-state index contributed by atoms with van der Waals surface area (Å²) in [5.41, 5.74) is 5.94. The van der Waals surface area contributed by atoms with Gasteiger partial charge in [-0.2, -0.15) is 0 Å². The van der Waals surface area contributed by atoms with Crippen LogP contribution in [-0.2, 0) is 14.4 Å². The highest BCUT2D eigenvalue weighted by atomic mass is 16.4. The molecule has 7 heteroatoms. The maximum atomic E-state index is 12.6. The Morgan fingerprint density at radius 3 is 1.60 bits per heavy atom. The smallest absolute Gasteiger partial charge is 0.326 e. The van der Waals surface area contributed by atoms with Gasteiger partial charge in [0, 0.05) is 0 Å². The second-order valence-corrected chi connectivity index (χ2v) is 6.99. The Morgan fingerprint density at radius 1 is 0.800 bits per heavy atom. The van der Waals surface area contributed by atoms with E-state index in [0.717, 1.165) is 6.42 Å². The van der Waals surface area contributed by atoms with Crippen molar-refractivity contribution in [2.45, 2.75) is 78.9 Å². The fourth-order valence-corrected chi connectivity index (χ4v) is 2.39. The van der Waals surface area contributed by atoms with Crippen molar-refractivity contribution in [3.63, 3.8) is 0 Å². The van der Waals surface area contributed by atoms with Gasteiger partial charge in [-0.1, -0.05) is 60.8 Å². The average Bonchev–Trinajstić information content (AvgIpc) is 2.60. The van der Waals surface area contributed by atoms with Crippen molar-refractivity contribution in [1.29, 1.82) is 0 Å². The van der Waals surface area contributed by atoms with E-state index in [4.69, 9.17) is 5.73 Å². The van der Waals surface area contributed by atoms with Crippen LogP contribution in [0.4, 0.5) is 0 Å². The van der Waals surface area contributed by atoms with Crippen LogP contribution in [0.1, 0.15) is 60.8 Å². The van der Waals surface area contributed by atoms with E-state index in [2.05, 4.69) is 10.6 Å². The van der Waals surface area contributed by atoms with Gasteiger partial charge >= 0.3 is 5.97 Å². The summed E-state index contributed by atoms with van der Waals surface area (Å²) >= 11 is 0. The van der Waals surface area contributed by atoms with Gasteiger partial charge in [0.15, 0.2) is 0 Å². The lowest BCUT2D eigenvalue weighted by atomic mass is 9.94. The molecule has 0 rings (SSSR count). The Labute approximate surface area is 151 Å². The lowest BCUT2D eigenvalue weighted by molar-refractivity contribution is -0.144. The van der Waals surface area contributed by atoms with E-state index in [9.17, 15) is 19.5 Å². The van der Waals surface area contributed by atoms with E-state index in [1.807, 2.05) is 34.6 Å². The van der Waals surface area contributed by atoms with E-state index in [1.165, 1.54) is 0 Å². The van der Waals surface area contributed by atoms with Crippen molar-refractivity contribution in [2.24, 2.45) is 23.5 Å². The second kappa shape index (κ2) is 11.1. The van der Waals surface area contributed by atoms with Gasteiger partial charge < -0.3 is 21.5 Å². The molecule has 7 nitrogen and oxygen atoms in total. The molecule has 0 aliphatic rings. The summed E-state index contributed by atoms with van der Waals surface area (Å²) in [5.74, 6) is -2.30. The molecule has 0 aliphatic heterocycles. The van der Waals surface area contributed by atoms with Crippen LogP contribution in [-0.4, -0.2) is 41.0 Å². The first-order chi connectivity index (χ1) is 11.6. The number of carbonyl (C=O) groups excluding carboxylic acids is 2. The van der Waals surface area contributed by atoms with Gasteiger partial charge in [-0.05, 0) is 17.8 Å². The number of hydrogen-bond acceptors (Lipinski definition) is 4. The molecule has 0 radical (unpaired) electrons. The van der Waals surface area contributed by atoms with Crippen molar-refractivity contribution in [3.05, 3.63) is 0 Å². The summed E-state index contributed by atoms with van der Waals surface area (Å²) in [5, 5.41) is 14.6. The zero-order valence-corrected chi connectivity index (χ0v) is 16.3. The van der Waals surface area contributed by atoms with Crippen molar-refractivity contribution in [1.82, 2.24) is 10.6 Å². The normalized spacial score (nSPS) is 18.4. The maximum Gasteiger partial charge on any atom is 0.326 e. The van der Waals surface area contributed by atoms with Crippen molar-refractivity contribution < 1.29 is 19.5 Å². The Morgan fingerprint density at radius 2 is 1.20 bits per heavy atom. The van der Waals surface area contributed by atoms with Crippen LogP contribution in [0.15, 0.2) is 0 Å². The van der Waals surface area contributed by atoms with E-state index >= 15 is 0 Å². The fourth-order valence-electron chi connectivity index (χ4n) is 2.39. The van der Waals surface area contributed by atoms with E-state index in [0.29, 0.717) is 12.8 Å². The van der Waals surface area contributed by atoms with Crippen molar-refractivity contribution in [3.8, 4) is 0 Å². The molecule has 6 atom stereocenters. The molecule has 0 saturated carbocycles. The van der Waals surface area contributed by atoms with Gasteiger partial charge in [-0.15, -0.1) is 0 Å². The molecule has 0 heterocycles. The number of nitrogens with one attached hydrogen (secondary N) is 2. The zero-order valence-electron chi connectivity index (χ0n) is 16.3. The second-order valence-electron chi connectivity index (χ2n) is 6.99. The number of hydrogen-bond donors (Lipinski definition) is 4. The third-order valence-electron chi connectivity index (χ3n) is 5.13. The molecule has 0 aromatic heterocycles. The Bertz CT molecular complexity index is 456. The first-order valence-electron chi connectivity index (χ1n) is 9.19. The Balaban J connectivity index is 5.23. The van der Waals surface area contributed by atoms with Crippen LogP contribution in [0, 0.1) is 17.8 Å². The van der Waals surface area contributed by atoms with Crippen molar-refractivity contribution >= 4 is 17.8 Å². The third-order valence-corrected chi connectivity index (χ3v) is 5.13. The Hall–Kier alpha value is -1.63. The number of aliphatic carboxylic acids is 1. The van der Waals surface area contributed by atoms with Crippen LogP contribution >= 0.6 is 0 Å². The van der Waals surface area contributed by atoms with Crippen LogP contribution in [0.25, 0.3) is 0 Å². The quantitative estimate of drug-likeness (QED) is 0.446. The van der Waals surface area contributed by atoms with Crippen LogP contribution in [0.3, 0.4) is 0 Å². The number of carboxylic acid groups (broad SMARTS) is 1. The minimum Gasteiger partial charge on any atom is -0.480 e. The largest absolute Gasteiger partial charge is 0.480 e. The lowest BCUT2D eigenvalue weighted by Crippen LogP contribution is -2.58. The number of nitrogens with two attached hydrogens (primary N) is 1. The van der Waals surface area contributed by atoms with E-state index in [-0.39, 0.29) is 23.7 Å². The topological polar surface area (TPSA) is 122 Å². The van der Waals surface area contributed by atoms with Crippen LogP contribution < -0.4 is 16.4 Å². The molecular weight excluding hydrogens is 322 g/mol. The molecule has 146 valence electrons. The van der Waals surface area contributed by atoms with Gasteiger partial charge in [0.1, 0.15) is 12.1 Å². The summed E-state index contributed by atoms with van der Waals surface area (Å²) in [6.45, 7) is 11.2. The number of carbonyl (C=O) groups is 3. The van der Waals surface area contributed by atoms with Crippen molar-refractivity contribution in [2.75, 3.05) is 0 Å². The summed E-state index contributed by atoms with van der Waals surface area (Å²) in [4.78, 5) is 36.4. The lowest BCUT2D eigenvalue weighted by Gasteiger charge is -2.29. The molecule has 0 spiro atoms. The van der Waals surface area contributed by atoms with Gasteiger partial charge in [-0.3, -0.25) is 9.59 Å². The van der Waals surface area contributed by atoms with Crippen LogP contribution in [0.5, 0.6) is 0 Å². The zero-order chi connectivity index (χ0) is 19.7. The molecule has 0 aromatic rings. The first-order valence-corrected chi connectivity index (χ1v) is 9.19. The third kappa shape index (κ3) is 7.02. The highest BCUT2D eigenvalue weighted by molar-refractivity contribution is 5.92. The number of amides is 2.